The number of nitrogens with zero attached hydrogens (tertiary/aromatic N) is 3. The summed E-state index contributed by atoms with van der Waals surface area (Å²) in [6, 6.07) is 4.62. The van der Waals surface area contributed by atoms with Crippen molar-refractivity contribution in [2.24, 2.45) is 0 Å². The van der Waals surface area contributed by atoms with E-state index in [1.807, 2.05) is 13.8 Å². The van der Waals surface area contributed by atoms with Crippen molar-refractivity contribution in [3.63, 3.8) is 0 Å². The van der Waals surface area contributed by atoms with Gasteiger partial charge in [0.15, 0.2) is 17.3 Å². The minimum absolute atomic E-state index is 0.0535. The number of carbonyl (C=O) groups excluding carboxylic acids is 1. The van der Waals surface area contributed by atoms with E-state index in [4.69, 9.17) is 14.0 Å². The van der Waals surface area contributed by atoms with Crippen LogP contribution in [-0.2, 0) is 14.8 Å². The highest BCUT2D eigenvalue weighted by molar-refractivity contribution is 7.89. The van der Waals surface area contributed by atoms with Crippen LogP contribution in [0.3, 0.4) is 0 Å². The predicted octanol–water partition coefficient (Wildman–Crippen LogP) is 2.43. The molecule has 1 amide bonds. The first-order chi connectivity index (χ1) is 15.8. The average Bonchev–Trinajstić information content (AvgIpc) is 3.28. The number of aromatic nitrogens is 2. The molecule has 1 fully saturated rings. The van der Waals surface area contributed by atoms with E-state index in [0.717, 1.165) is 0 Å². The molecule has 0 spiro atoms. The zero-order valence-electron chi connectivity index (χ0n) is 19.0. The molecule has 0 aliphatic carbocycles. The molecule has 11 heteroatoms. The molecule has 1 atom stereocenters. The van der Waals surface area contributed by atoms with E-state index < -0.39 is 10.0 Å². The summed E-state index contributed by atoms with van der Waals surface area (Å²) < 4.78 is 44.7. The summed E-state index contributed by atoms with van der Waals surface area (Å²) in [6.07, 6.45) is 2.01. The number of hydrogen-bond acceptors (Lipinski definition) is 8. The van der Waals surface area contributed by atoms with Gasteiger partial charge in [0.1, 0.15) is 13.2 Å². The Bertz CT molecular complexity index is 1080. The lowest BCUT2D eigenvalue weighted by Gasteiger charge is -2.24. The minimum atomic E-state index is -3.82. The topological polar surface area (TPSA) is 124 Å². The van der Waals surface area contributed by atoms with Gasteiger partial charge in [0, 0.05) is 44.0 Å². The number of hydrogen-bond donors (Lipinski definition) is 1. The third-order valence-corrected chi connectivity index (χ3v) is 7.73. The van der Waals surface area contributed by atoms with Crippen molar-refractivity contribution >= 4 is 15.9 Å². The molecule has 2 aromatic rings. The molecule has 0 saturated carbocycles. The fourth-order valence-electron chi connectivity index (χ4n) is 3.94. The highest BCUT2D eigenvalue weighted by atomic mass is 32.2. The fraction of sp³-hybridized carbons (Fsp3) is 0.591. The third kappa shape index (κ3) is 5.47. The highest BCUT2D eigenvalue weighted by Gasteiger charge is 2.28. The molecule has 10 nitrogen and oxygen atoms in total. The van der Waals surface area contributed by atoms with Gasteiger partial charge in [0.2, 0.25) is 21.8 Å². The van der Waals surface area contributed by atoms with Gasteiger partial charge in [-0.2, -0.15) is 9.29 Å². The van der Waals surface area contributed by atoms with Gasteiger partial charge in [-0.05, 0) is 31.4 Å². The molecular weight excluding hydrogens is 448 g/mol. The molecule has 180 valence electrons. The molecule has 1 aromatic heterocycles. The molecule has 33 heavy (non-hydrogen) atoms. The smallest absolute Gasteiger partial charge is 0.243 e. The highest BCUT2D eigenvalue weighted by Crippen LogP contribution is 2.33. The van der Waals surface area contributed by atoms with Crippen molar-refractivity contribution in [3.8, 4) is 11.5 Å². The first-order valence-electron chi connectivity index (χ1n) is 11.3. The molecule has 1 aromatic carbocycles. The largest absolute Gasteiger partial charge is 0.486 e. The van der Waals surface area contributed by atoms with Crippen LogP contribution in [-0.4, -0.2) is 61.6 Å². The lowest BCUT2D eigenvalue weighted by molar-refractivity contribution is -0.121. The van der Waals surface area contributed by atoms with Gasteiger partial charge in [-0.1, -0.05) is 19.0 Å². The molecule has 4 rings (SSSR count). The van der Waals surface area contributed by atoms with Gasteiger partial charge in [0.25, 0.3) is 0 Å². The first-order valence-corrected chi connectivity index (χ1v) is 12.8. The van der Waals surface area contributed by atoms with Crippen LogP contribution in [0, 0.1) is 0 Å². The van der Waals surface area contributed by atoms with E-state index in [0.29, 0.717) is 62.2 Å². The van der Waals surface area contributed by atoms with E-state index in [2.05, 4.69) is 15.5 Å². The Morgan fingerprint density at radius 3 is 2.67 bits per heavy atom. The Hall–Kier alpha value is -2.66. The quantitative estimate of drug-likeness (QED) is 0.711. The standard InChI is InChI=1S/C22H30N4O6S/c1-15(2)21-24-22(32-25-21)16-4-3-10-26(11-8-20(27)23-9-7-16)33(28,29)17-5-6-18-19(14-17)31-13-12-30-18/h5-6,14-16H,3-4,7-13H2,1-2H3,(H,23,27). The van der Waals surface area contributed by atoms with Crippen molar-refractivity contribution in [2.45, 2.75) is 56.3 Å². The maximum absolute atomic E-state index is 13.4. The number of rotatable bonds is 4. The summed E-state index contributed by atoms with van der Waals surface area (Å²) in [5.74, 6) is 2.03. The monoisotopic (exact) mass is 478 g/mol. The van der Waals surface area contributed by atoms with Crippen LogP contribution in [0.2, 0.25) is 0 Å². The minimum Gasteiger partial charge on any atom is -0.486 e. The van der Waals surface area contributed by atoms with E-state index in [1.54, 1.807) is 6.07 Å². The number of amides is 1. The van der Waals surface area contributed by atoms with Crippen LogP contribution in [0.4, 0.5) is 0 Å². The zero-order chi connectivity index (χ0) is 23.4. The van der Waals surface area contributed by atoms with Crippen molar-refractivity contribution in [2.75, 3.05) is 32.8 Å². The van der Waals surface area contributed by atoms with E-state index in [9.17, 15) is 13.2 Å². The van der Waals surface area contributed by atoms with Gasteiger partial charge in [-0.25, -0.2) is 8.42 Å². The first kappa shape index (κ1) is 23.5. The molecule has 0 bridgehead atoms. The third-order valence-electron chi connectivity index (χ3n) is 5.84. The van der Waals surface area contributed by atoms with E-state index >= 15 is 0 Å². The summed E-state index contributed by atoms with van der Waals surface area (Å²) >= 11 is 0. The van der Waals surface area contributed by atoms with Gasteiger partial charge in [-0.15, -0.1) is 0 Å². The summed E-state index contributed by atoms with van der Waals surface area (Å²) in [5.41, 5.74) is 0. The van der Waals surface area contributed by atoms with Crippen LogP contribution in [0.25, 0.3) is 0 Å². The van der Waals surface area contributed by atoms with E-state index in [1.165, 1.54) is 16.4 Å². The number of ether oxygens (including phenoxy) is 2. The van der Waals surface area contributed by atoms with Crippen LogP contribution in [0.5, 0.6) is 11.5 Å². The fourth-order valence-corrected chi connectivity index (χ4v) is 5.43. The maximum atomic E-state index is 13.4. The van der Waals surface area contributed by atoms with Crippen molar-refractivity contribution < 1.29 is 27.2 Å². The Balaban J connectivity index is 1.53. The summed E-state index contributed by atoms with van der Waals surface area (Å²) in [7, 11) is -3.82. The van der Waals surface area contributed by atoms with Crippen LogP contribution < -0.4 is 14.8 Å². The number of sulfonamides is 1. The van der Waals surface area contributed by atoms with Crippen LogP contribution in [0.15, 0.2) is 27.6 Å². The summed E-state index contributed by atoms with van der Waals surface area (Å²) in [4.78, 5) is 17.0. The zero-order valence-corrected chi connectivity index (χ0v) is 19.8. The van der Waals surface area contributed by atoms with Crippen LogP contribution in [0.1, 0.15) is 63.1 Å². The second-order valence-corrected chi connectivity index (χ2v) is 10.5. The van der Waals surface area contributed by atoms with Crippen molar-refractivity contribution in [1.29, 1.82) is 0 Å². The lowest BCUT2D eigenvalue weighted by atomic mass is 9.99. The Morgan fingerprint density at radius 1 is 1.12 bits per heavy atom. The molecule has 1 unspecified atom stereocenters. The Kier molecular flexibility index (Phi) is 7.18. The van der Waals surface area contributed by atoms with Gasteiger partial charge in [-0.3, -0.25) is 4.79 Å². The number of nitrogens with one attached hydrogen (secondary N) is 1. The normalized spacial score (nSPS) is 20.8. The molecule has 1 N–H and O–H groups in total. The SMILES string of the molecule is CC(C)c1noc(C2CCCN(S(=O)(=O)c3ccc4c(c3)OCCO4)CCC(=O)NCC2)n1. The molecule has 0 radical (unpaired) electrons. The molecule has 2 aliphatic heterocycles. The number of fused-ring (bicyclic) bond motifs is 1. The Morgan fingerprint density at radius 2 is 1.91 bits per heavy atom. The van der Waals surface area contributed by atoms with Crippen molar-refractivity contribution in [1.82, 2.24) is 19.8 Å². The molecule has 1 saturated heterocycles. The average molecular weight is 479 g/mol. The van der Waals surface area contributed by atoms with Gasteiger partial charge >= 0.3 is 0 Å². The summed E-state index contributed by atoms with van der Waals surface area (Å²) in [6.45, 7) is 5.64. The molecule has 3 heterocycles. The lowest BCUT2D eigenvalue weighted by Crippen LogP contribution is -2.35. The second kappa shape index (κ2) is 10.1. The van der Waals surface area contributed by atoms with Crippen molar-refractivity contribution in [3.05, 3.63) is 29.9 Å². The van der Waals surface area contributed by atoms with E-state index in [-0.39, 0.29) is 42.1 Å². The summed E-state index contributed by atoms with van der Waals surface area (Å²) in [5, 5.41) is 6.92. The second-order valence-electron chi connectivity index (χ2n) is 8.58. The number of benzene rings is 1. The predicted molar refractivity (Wildman–Crippen MR) is 119 cm³/mol. The van der Waals surface area contributed by atoms with Gasteiger partial charge in [0.05, 0.1) is 4.90 Å². The molecular formula is C22H30N4O6S. The maximum Gasteiger partial charge on any atom is 0.243 e. The molecule has 2 aliphatic rings. The van der Waals surface area contributed by atoms with Gasteiger partial charge < -0.3 is 19.3 Å². The Labute approximate surface area is 193 Å². The van der Waals surface area contributed by atoms with Crippen LogP contribution >= 0.6 is 0 Å². The number of carbonyl (C=O) groups is 1.